The van der Waals surface area contributed by atoms with Crippen LogP contribution in [0, 0.1) is 11.6 Å². The Morgan fingerprint density at radius 2 is 1.48 bits per heavy atom. The summed E-state index contributed by atoms with van der Waals surface area (Å²) in [5.41, 5.74) is 0.920. The van der Waals surface area contributed by atoms with Gasteiger partial charge in [-0.15, -0.1) is 0 Å². The van der Waals surface area contributed by atoms with Crippen LogP contribution in [0.2, 0.25) is 0 Å². The van der Waals surface area contributed by atoms with Gasteiger partial charge in [0.25, 0.3) is 0 Å². The number of anilines is 2. The van der Waals surface area contributed by atoms with Crippen LogP contribution in [0.15, 0.2) is 82.6 Å². The number of rotatable bonds is 4. The molecule has 6 heteroatoms. The third-order valence-electron chi connectivity index (χ3n) is 3.29. The number of benzene rings is 3. The molecule has 0 aromatic heterocycles. The summed E-state index contributed by atoms with van der Waals surface area (Å²) in [6.07, 6.45) is 0. The highest BCUT2D eigenvalue weighted by Crippen LogP contribution is 2.33. The molecule has 0 radical (unpaired) electrons. The van der Waals surface area contributed by atoms with Crippen LogP contribution in [0.1, 0.15) is 0 Å². The quantitative estimate of drug-likeness (QED) is 0.555. The molecule has 0 saturated carbocycles. The van der Waals surface area contributed by atoms with Crippen molar-refractivity contribution >= 4 is 40.5 Å². The third-order valence-corrected chi connectivity index (χ3v) is 4.57. The SMILES string of the molecule is Fc1ccc(NC(=S)Nc2ccccc2Sc2ccccc2)c(F)c1. The van der Waals surface area contributed by atoms with Crippen LogP contribution >= 0.6 is 24.0 Å². The minimum absolute atomic E-state index is 0.118. The van der Waals surface area contributed by atoms with Crippen LogP contribution in [0.4, 0.5) is 20.2 Å². The van der Waals surface area contributed by atoms with Crippen LogP contribution in [0.25, 0.3) is 0 Å². The van der Waals surface area contributed by atoms with Gasteiger partial charge in [-0.1, -0.05) is 42.1 Å². The molecule has 0 atom stereocenters. The van der Waals surface area contributed by atoms with E-state index in [4.69, 9.17) is 12.2 Å². The number of thiocarbonyl (C=S) groups is 1. The van der Waals surface area contributed by atoms with Crippen molar-refractivity contribution in [2.24, 2.45) is 0 Å². The second-order valence-electron chi connectivity index (χ2n) is 5.11. The van der Waals surface area contributed by atoms with Gasteiger partial charge in [-0.25, -0.2) is 8.78 Å². The zero-order valence-corrected chi connectivity index (χ0v) is 14.6. The number of nitrogens with one attached hydrogen (secondary N) is 2. The Labute approximate surface area is 154 Å². The van der Waals surface area contributed by atoms with Gasteiger partial charge < -0.3 is 10.6 Å². The number of hydrogen-bond acceptors (Lipinski definition) is 2. The first kappa shape index (κ1) is 17.4. The molecule has 0 aliphatic carbocycles. The third kappa shape index (κ3) is 4.78. The normalized spacial score (nSPS) is 10.3. The topological polar surface area (TPSA) is 24.1 Å². The summed E-state index contributed by atoms with van der Waals surface area (Å²) in [4.78, 5) is 2.08. The van der Waals surface area contributed by atoms with Gasteiger partial charge in [-0.05, 0) is 48.6 Å². The predicted molar refractivity (Wildman–Crippen MR) is 103 cm³/mol. The summed E-state index contributed by atoms with van der Waals surface area (Å²) >= 11 is 6.84. The zero-order chi connectivity index (χ0) is 17.6. The van der Waals surface area contributed by atoms with Gasteiger partial charge in [0.05, 0.1) is 11.4 Å². The Bertz CT molecular complexity index is 886. The Morgan fingerprint density at radius 1 is 0.800 bits per heavy atom. The molecule has 0 spiro atoms. The molecule has 2 nitrogen and oxygen atoms in total. The van der Waals surface area contributed by atoms with Crippen molar-refractivity contribution in [3.63, 3.8) is 0 Å². The predicted octanol–water partition coefficient (Wildman–Crippen LogP) is 5.92. The average Bonchev–Trinajstić information content (AvgIpc) is 2.60. The summed E-state index contributed by atoms with van der Waals surface area (Å²) in [6.45, 7) is 0. The number of hydrogen-bond donors (Lipinski definition) is 2. The molecule has 0 amide bonds. The summed E-state index contributed by atoms with van der Waals surface area (Å²) in [5, 5.41) is 6.03. The summed E-state index contributed by atoms with van der Waals surface area (Å²) < 4.78 is 26.7. The highest BCUT2D eigenvalue weighted by atomic mass is 32.2. The molecule has 0 aliphatic rings. The van der Waals surface area contributed by atoms with Crippen molar-refractivity contribution in [3.8, 4) is 0 Å². The maximum atomic E-state index is 13.7. The molecule has 0 saturated heterocycles. The Hall–Kier alpha value is -2.44. The molecule has 0 fully saturated rings. The Kier molecular flexibility index (Phi) is 5.63. The lowest BCUT2D eigenvalue weighted by Crippen LogP contribution is -2.20. The van der Waals surface area contributed by atoms with Gasteiger partial charge in [0.1, 0.15) is 11.6 Å². The lowest BCUT2D eigenvalue weighted by molar-refractivity contribution is 0.586. The molecule has 0 heterocycles. The molecule has 3 aromatic rings. The Balaban J connectivity index is 1.73. The van der Waals surface area contributed by atoms with E-state index in [0.717, 1.165) is 21.5 Å². The first-order chi connectivity index (χ1) is 12.1. The van der Waals surface area contributed by atoms with Crippen LogP contribution in [-0.2, 0) is 0 Å². The molecule has 0 unspecified atom stereocenters. The van der Waals surface area contributed by atoms with Gasteiger partial charge in [-0.2, -0.15) is 0 Å². The van der Waals surface area contributed by atoms with Crippen molar-refractivity contribution in [2.45, 2.75) is 9.79 Å². The zero-order valence-electron chi connectivity index (χ0n) is 13.0. The minimum Gasteiger partial charge on any atom is -0.332 e. The van der Waals surface area contributed by atoms with E-state index < -0.39 is 11.6 Å². The van der Waals surface area contributed by atoms with Gasteiger partial charge in [0, 0.05) is 15.9 Å². The number of halogens is 2. The lowest BCUT2D eigenvalue weighted by atomic mass is 10.3. The molecular weight excluding hydrogens is 358 g/mol. The second kappa shape index (κ2) is 8.09. The summed E-state index contributed by atoms with van der Waals surface area (Å²) in [5.74, 6) is -1.33. The van der Waals surface area contributed by atoms with E-state index in [0.29, 0.717) is 0 Å². The highest BCUT2D eigenvalue weighted by Gasteiger charge is 2.08. The summed E-state index contributed by atoms with van der Waals surface area (Å²) in [6, 6.07) is 20.9. The Morgan fingerprint density at radius 3 is 2.24 bits per heavy atom. The fraction of sp³-hybridized carbons (Fsp3) is 0. The van der Waals surface area contributed by atoms with E-state index in [2.05, 4.69) is 10.6 Å². The molecule has 3 aromatic carbocycles. The van der Waals surface area contributed by atoms with Crippen molar-refractivity contribution in [1.29, 1.82) is 0 Å². The average molecular weight is 372 g/mol. The molecule has 0 bridgehead atoms. The summed E-state index contributed by atoms with van der Waals surface area (Å²) in [7, 11) is 0. The largest absolute Gasteiger partial charge is 0.332 e. The molecule has 3 rings (SSSR count). The molecule has 25 heavy (non-hydrogen) atoms. The van der Waals surface area contributed by atoms with E-state index in [1.54, 1.807) is 11.8 Å². The van der Waals surface area contributed by atoms with Gasteiger partial charge in [-0.3, -0.25) is 0 Å². The van der Waals surface area contributed by atoms with Crippen LogP contribution in [-0.4, -0.2) is 5.11 Å². The maximum absolute atomic E-state index is 13.7. The van der Waals surface area contributed by atoms with Crippen molar-refractivity contribution in [2.75, 3.05) is 10.6 Å². The number of para-hydroxylation sites is 1. The van der Waals surface area contributed by atoms with E-state index in [1.165, 1.54) is 12.1 Å². The van der Waals surface area contributed by atoms with Crippen LogP contribution in [0.5, 0.6) is 0 Å². The van der Waals surface area contributed by atoms with E-state index >= 15 is 0 Å². The minimum atomic E-state index is -0.698. The van der Waals surface area contributed by atoms with E-state index in [9.17, 15) is 8.78 Å². The van der Waals surface area contributed by atoms with Crippen molar-refractivity contribution < 1.29 is 8.78 Å². The highest BCUT2D eigenvalue weighted by molar-refractivity contribution is 7.99. The molecular formula is C19H14F2N2S2. The molecule has 126 valence electrons. The van der Waals surface area contributed by atoms with Gasteiger partial charge in [0.2, 0.25) is 0 Å². The van der Waals surface area contributed by atoms with E-state index in [1.807, 2.05) is 54.6 Å². The second-order valence-corrected chi connectivity index (χ2v) is 6.64. The fourth-order valence-corrected chi connectivity index (χ4v) is 3.28. The van der Waals surface area contributed by atoms with E-state index in [-0.39, 0.29) is 10.8 Å². The van der Waals surface area contributed by atoms with Gasteiger partial charge in [0.15, 0.2) is 5.11 Å². The standard InChI is InChI=1S/C19H14F2N2S2/c20-13-10-11-16(15(21)12-13)22-19(24)23-17-8-4-5-9-18(17)25-14-6-2-1-3-7-14/h1-12H,(H2,22,23,24). The van der Waals surface area contributed by atoms with Crippen LogP contribution < -0.4 is 10.6 Å². The first-order valence-corrected chi connectivity index (χ1v) is 8.69. The van der Waals surface area contributed by atoms with Gasteiger partial charge >= 0.3 is 0 Å². The maximum Gasteiger partial charge on any atom is 0.175 e. The monoisotopic (exact) mass is 372 g/mol. The van der Waals surface area contributed by atoms with Crippen molar-refractivity contribution in [3.05, 3.63) is 84.4 Å². The van der Waals surface area contributed by atoms with Crippen molar-refractivity contribution in [1.82, 2.24) is 0 Å². The fourth-order valence-electron chi connectivity index (χ4n) is 2.14. The molecule has 2 N–H and O–H groups in total. The first-order valence-electron chi connectivity index (χ1n) is 7.47. The lowest BCUT2D eigenvalue weighted by Gasteiger charge is -2.14. The smallest absolute Gasteiger partial charge is 0.175 e. The molecule has 0 aliphatic heterocycles. The van der Waals surface area contributed by atoms with Crippen LogP contribution in [0.3, 0.4) is 0 Å².